The van der Waals surface area contributed by atoms with E-state index in [1.807, 2.05) is 4.90 Å². The Kier molecular flexibility index (Phi) is 7.70. The molecule has 34 heavy (non-hydrogen) atoms. The first kappa shape index (κ1) is 24.4. The van der Waals surface area contributed by atoms with E-state index in [1.165, 1.54) is 18.6 Å². The van der Waals surface area contributed by atoms with Gasteiger partial charge in [-0.15, -0.1) is 0 Å². The van der Waals surface area contributed by atoms with Crippen molar-refractivity contribution in [2.24, 2.45) is 0 Å². The van der Waals surface area contributed by atoms with Gasteiger partial charge >= 0.3 is 6.03 Å². The minimum Gasteiger partial charge on any atom is -0.334 e. The highest BCUT2D eigenvalue weighted by molar-refractivity contribution is 5.91. The van der Waals surface area contributed by atoms with Crippen LogP contribution in [0.1, 0.15) is 63.9 Å². The molecule has 1 N–H and O–H groups in total. The summed E-state index contributed by atoms with van der Waals surface area (Å²) in [5.41, 5.74) is 0.783. The molecular formula is C25H36FN5O3. The van der Waals surface area contributed by atoms with Crippen molar-refractivity contribution in [3.05, 3.63) is 35.6 Å². The Hall–Kier alpha value is -2.68. The molecule has 2 aliphatic heterocycles. The average molecular weight is 474 g/mol. The fourth-order valence-electron chi connectivity index (χ4n) is 5.52. The molecule has 0 unspecified atom stereocenters. The van der Waals surface area contributed by atoms with Gasteiger partial charge in [0.1, 0.15) is 18.0 Å². The zero-order valence-electron chi connectivity index (χ0n) is 20.2. The van der Waals surface area contributed by atoms with Crippen molar-refractivity contribution in [2.45, 2.75) is 83.1 Å². The summed E-state index contributed by atoms with van der Waals surface area (Å²) >= 11 is 0. The summed E-state index contributed by atoms with van der Waals surface area (Å²) < 4.78 is 13.2. The molecule has 0 spiro atoms. The Morgan fingerprint density at radius 2 is 1.82 bits per heavy atom. The number of carbonyl (C=O) groups excluding carboxylic acids is 3. The number of nitrogens with zero attached hydrogens (tertiary/aromatic N) is 4. The number of unbranched alkanes of at least 4 members (excludes halogenated alkanes) is 1. The highest BCUT2D eigenvalue weighted by Gasteiger charge is 2.51. The van der Waals surface area contributed by atoms with Crippen LogP contribution in [0.25, 0.3) is 0 Å². The Labute approximate surface area is 201 Å². The van der Waals surface area contributed by atoms with Crippen LogP contribution in [0.2, 0.25) is 0 Å². The van der Waals surface area contributed by atoms with E-state index in [1.54, 1.807) is 34.1 Å². The lowest BCUT2D eigenvalue weighted by atomic mass is 9.91. The largest absolute Gasteiger partial charge is 0.334 e. The highest BCUT2D eigenvalue weighted by atomic mass is 19.1. The molecule has 8 nitrogen and oxygen atoms in total. The van der Waals surface area contributed by atoms with Crippen molar-refractivity contribution in [3.8, 4) is 0 Å². The zero-order valence-corrected chi connectivity index (χ0v) is 20.2. The van der Waals surface area contributed by atoms with Gasteiger partial charge in [0.05, 0.1) is 13.1 Å². The van der Waals surface area contributed by atoms with Crippen LogP contribution in [0.5, 0.6) is 0 Å². The van der Waals surface area contributed by atoms with E-state index in [0.717, 1.165) is 44.1 Å². The number of hydrogen-bond donors (Lipinski definition) is 1. The fourth-order valence-corrected chi connectivity index (χ4v) is 5.52. The smallest absolute Gasteiger partial charge is 0.334 e. The van der Waals surface area contributed by atoms with Gasteiger partial charge in [-0.05, 0) is 37.0 Å². The van der Waals surface area contributed by atoms with Crippen LogP contribution in [0, 0.1) is 5.82 Å². The molecule has 0 radical (unpaired) electrons. The molecule has 1 aromatic carbocycles. The monoisotopic (exact) mass is 473 g/mol. The molecule has 0 bridgehead atoms. The van der Waals surface area contributed by atoms with Crippen LogP contribution in [0.3, 0.4) is 0 Å². The second-order valence-corrected chi connectivity index (χ2v) is 9.67. The van der Waals surface area contributed by atoms with Crippen LogP contribution in [-0.4, -0.2) is 76.0 Å². The molecule has 4 rings (SSSR count). The third-order valence-corrected chi connectivity index (χ3v) is 7.30. The first-order valence-electron chi connectivity index (χ1n) is 12.5. The minimum absolute atomic E-state index is 0.0289. The Balaban J connectivity index is 1.57. The summed E-state index contributed by atoms with van der Waals surface area (Å²) in [4.78, 5) is 43.7. The number of benzene rings is 1. The first-order chi connectivity index (χ1) is 16.4. The second kappa shape index (κ2) is 10.7. The summed E-state index contributed by atoms with van der Waals surface area (Å²) in [6, 6.07) is 5.30. The number of rotatable bonds is 6. The number of carbonyl (C=O) groups is 3. The van der Waals surface area contributed by atoms with Crippen LogP contribution < -0.4 is 5.32 Å². The standard InChI is InChI=1S/C25H36FN5O3/c1-3-4-10-21-24(33)29(20-8-6-5-7-9-20)16-22-30(21)23(32)17-28(2)31(22)25(34)27-15-18-11-13-19(26)14-12-18/h11-14,20-22H,3-10,15-17H2,1-2H3,(H,27,34)/t21-,22-/m0/s1. The number of nitrogens with one attached hydrogen (secondary N) is 1. The van der Waals surface area contributed by atoms with Crippen molar-refractivity contribution in [3.63, 3.8) is 0 Å². The maximum atomic E-state index is 13.6. The van der Waals surface area contributed by atoms with E-state index in [-0.39, 0.29) is 42.8 Å². The number of halogens is 1. The molecule has 3 fully saturated rings. The van der Waals surface area contributed by atoms with Crippen molar-refractivity contribution >= 4 is 17.8 Å². The van der Waals surface area contributed by atoms with E-state index < -0.39 is 12.2 Å². The zero-order chi connectivity index (χ0) is 24.2. The van der Waals surface area contributed by atoms with E-state index >= 15 is 0 Å². The molecule has 2 saturated heterocycles. The number of piperazine rings is 1. The molecule has 1 saturated carbocycles. The summed E-state index contributed by atoms with van der Waals surface area (Å²) in [6.45, 7) is 2.69. The lowest BCUT2D eigenvalue weighted by molar-refractivity contribution is -0.190. The summed E-state index contributed by atoms with van der Waals surface area (Å²) in [7, 11) is 1.73. The molecule has 2 heterocycles. The first-order valence-corrected chi connectivity index (χ1v) is 12.5. The molecule has 186 valence electrons. The maximum absolute atomic E-state index is 13.6. The molecule has 1 aromatic rings. The molecule has 1 aliphatic carbocycles. The quantitative estimate of drug-likeness (QED) is 0.689. The van der Waals surface area contributed by atoms with Gasteiger partial charge < -0.3 is 15.1 Å². The SMILES string of the molecule is CCCC[C@H]1C(=O)N(C2CCCCC2)C[C@H]2N1C(=O)CN(C)N2C(=O)NCc1ccc(F)cc1. The third-order valence-electron chi connectivity index (χ3n) is 7.30. The van der Waals surface area contributed by atoms with Gasteiger partial charge in [0.25, 0.3) is 0 Å². The predicted octanol–water partition coefficient (Wildman–Crippen LogP) is 3.09. The van der Waals surface area contributed by atoms with Gasteiger partial charge in [0, 0.05) is 19.6 Å². The molecule has 0 aromatic heterocycles. The van der Waals surface area contributed by atoms with Gasteiger partial charge in [-0.25, -0.2) is 19.2 Å². The molecule has 9 heteroatoms. The number of likely N-dealkylation sites (N-methyl/N-ethyl adjacent to an activating group) is 1. The molecule has 3 aliphatic rings. The van der Waals surface area contributed by atoms with Crippen LogP contribution >= 0.6 is 0 Å². The van der Waals surface area contributed by atoms with Gasteiger partial charge in [0.2, 0.25) is 11.8 Å². The molecule has 4 amide bonds. The average Bonchev–Trinajstić information content (AvgIpc) is 2.83. The summed E-state index contributed by atoms with van der Waals surface area (Å²) in [5, 5.41) is 6.15. The topological polar surface area (TPSA) is 76.2 Å². The number of hydrogen-bond acceptors (Lipinski definition) is 4. The Bertz CT molecular complexity index is 889. The number of hydrazine groups is 1. The summed E-state index contributed by atoms with van der Waals surface area (Å²) in [6.07, 6.45) is 7.17. The normalized spacial score (nSPS) is 24.4. The Morgan fingerprint density at radius 1 is 1.12 bits per heavy atom. The van der Waals surface area contributed by atoms with Gasteiger partial charge in [-0.3, -0.25) is 9.59 Å². The van der Waals surface area contributed by atoms with Crippen LogP contribution in [-0.2, 0) is 16.1 Å². The minimum atomic E-state index is -0.541. The lowest BCUT2D eigenvalue weighted by Crippen LogP contribution is -2.76. The summed E-state index contributed by atoms with van der Waals surface area (Å²) in [5.74, 6) is -0.415. The van der Waals surface area contributed by atoms with Crippen LogP contribution in [0.15, 0.2) is 24.3 Å². The van der Waals surface area contributed by atoms with Gasteiger partial charge in [-0.1, -0.05) is 51.2 Å². The van der Waals surface area contributed by atoms with Gasteiger partial charge in [-0.2, -0.15) is 0 Å². The number of fused-ring (bicyclic) bond motifs is 1. The van der Waals surface area contributed by atoms with Crippen LogP contribution in [0.4, 0.5) is 9.18 Å². The van der Waals surface area contributed by atoms with Gasteiger partial charge in [0.15, 0.2) is 0 Å². The molecular weight excluding hydrogens is 437 g/mol. The second-order valence-electron chi connectivity index (χ2n) is 9.67. The van der Waals surface area contributed by atoms with Crippen molar-refractivity contribution < 1.29 is 18.8 Å². The van der Waals surface area contributed by atoms with E-state index in [4.69, 9.17) is 0 Å². The molecule has 2 atom stereocenters. The van der Waals surface area contributed by atoms with E-state index in [9.17, 15) is 18.8 Å². The van der Waals surface area contributed by atoms with E-state index in [2.05, 4.69) is 12.2 Å². The highest BCUT2D eigenvalue weighted by Crippen LogP contribution is 2.32. The maximum Gasteiger partial charge on any atom is 0.334 e. The third kappa shape index (κ3) is 5.04. The lowest BCUT2D eigenvalue weighted by Gasteiger charge is -2.56. The predicted molar refractivity (Wildman–Crippen MR) is 126 cm³/mol. The number of urea groups is 1. The van der Waals surface area contributed by atoms with Crippen molar-refractivity contribution in [1.29, 1.82) is 0 Å². The van der Waals surface area contributed by atoms with E-state index in [0.29, 0.717) is 13.0 Å². The van der Waals surface area contributed by atoms with Crippen molar-refractivity contribution in [2.75, 3.05) is 20.1 Å². The fraction of sp³-hybridized carbons (Fsp3) is 0.640. The van der Waals surface area contributed by atoms with Crippen molar-refractivity contribution in [1.82, 2.24) is 25.1 Å². The Morgan fingerprint density at radius 3 is 2.50 bits per heavy atom. The number of amides is 4.